The Labute approximate surface area is 245 Å². The van der Waals surface area contributed by atoms with E-state index in [9.17, 15) is 18.7 Å². The topological polar surface area (TPSA) is 59.0 Å². The highest BCUT2D eigenvalue weighted by Crippen LogP contribution is 2.46. The number of ether oxygens (including phenoxy) is 2. The van der Waals surface area contributed by atoms with E-state index in [1.165, 1.54) is 0 Å². The molecule has 0 spiro atoms. The highest BCUT2D eigenvalue weighted by Gasteiger charge is 2.43. The van der Waals surface area contributed by atoms with Gasteiger partial charge in [-0.1, -0.05) is 35.9 Å². The zero-order chi connectivity index (χ0) is 29.5. The summed E-state index contributed by atoms with van der Waals surface area (Å²) >= 11 is 6.21. The van der Waals surface area contributed by atoms with Crippen LogP contribution >= 0.6 is 11.6 Å². The molecule has 1 aliphatic heterocycles. The second-order valence-electron chi connectivity index (χ2n) is 11.6. The van der Waals surface area contributed by atoms with Gasteiger partial charge < -0.3 is 19.5 Å². The predicted octanol–water partition coefficient (Wildman–Crippen LogP) is 7.85. The molecule has 0 radical (unpaired) electrons. The summed E-state index contributed by atoms with van der Waals surface area (Å²) in [5.74, 6) is -1.86. The van der Waals surface area contributed by atoms with Gasteiger partial charge in [-0.05, 0) is 98.2 Å². The molecule has 3 aromatic carbocycles. The monoisotopic (exact) mass is 583 g/mol. The maximum atomic E-state index is 13.8. The summed E-state index contributed by atoms with van der Waals surface area (Å²) in [4.78, 5) is 15.5. The molecule has 41 heavy (non-hydrogen) atoms. The largest absolute Gasteiger partial charge is 0.493 e. The van der Waals surface area contributed by atoms with E-state index in [0.29, 0.717) is 27.8 Å². The molecule has 2 aliphatic rings. The number of rotatable bonds is 7. The van der Waals surface area contributed by atoms with Crippen molar-refractivity contribution in [2.45, 2.75) is 76.5 Å². The van der Waals surface area contributed by atoms with Gasteiger partial charge in [-0.3, -0.25) is 4.79 Å². The summed E-state index contributed by atoms with van der Waals surface area (Å²) in [6.45, 7) is 5.58. The Morgan fingerprint density at radius 2 is 1.66 bits per heavy atom. The molecule has 0 unspecified atom stereocenters. The molecule has 0 bridgehead atoms. The molecule has 5 rings (SSSR count). The van der Waals surface area contributed by atoms with Crippen LogP contribution < -0.4 is 14.4 Å². The van der Waals surface area contributed by atoms with Gasteiger partial charge in [0.1, 0.15) is 0 Å². The van der Waals surface area contributed by atoms with E-state index in [1.807, 2.05) is 50.2 Å². The van der Waals surface area contributed by atoms with Crippen molar-refractivity contribution in [1.82, 2.24) is 0 Å². The Balaban J connectivity index is 1.54. The fraction of sp³-hybridized carbons (Fsp3) is 0.424. The van der Waals surface area contributed by atoms with Crippen LogP contribution in [0.3, 0.4) is 0 Å². The highest BCUT2D eigenvalue weighted by molar-refractivity contribution is 6.30. The Kier molecular flexibility index (Phi) is 8.05. The molecule has 5 nitrogen and oxygen atoms in total. The summed E-state index contributed by atoms with van der Waals surface area (Å²) in [5, 5.41) is 12.0. The second-order valence-corrected chi connectivity index (χ2v) is 12.0. The molecule has 8 heteroatoms. The maximum absolute atomic E-state index is 13.8. The van der Waals surface area contributed by atoms with Crippen LogP contribution in [0.15, 0.2) is 60.7 Å². The van der Waals surface area contributed by atoms with E-state index in [0.717, 1.165) is 16.7 Å². The van der Waals surface area contributed by atoms with Crippen molar-refractivity contribution in [3.8, 4) is 11.5 Å². The molecule has 1 amide bonds. The Morgan fingerprint density at radius 1 is 1.02 bits per heavy atom. The number of methoxy groups -OCH3 is 1. The third kappa shape index (κ3) is 5.93. The van der Waals surface area contributed by atoms with Gasteiger partial charge in [0.15, 0.2) is 11.5 Å². The summed E-state index contributed by atoms with van der Waals surface area (Å²) < 4.78 is 39.2. The summed E-state index contributed by atoms with van der Waals surface area (Å²) in [7, 11) is 1.58. The third-order valence-corrected chi connectivity index (χ3v) is 8.63. The number of alkyl halides is 2. The average molecular weight is 584 g/mol. The molecule has 1 aliphatic carbocycles. The van der Waals surface area contributed by atoms with Gasteiger partial charge in [0.2, 0.25) is 11.8 Å². The first-order valence-corrected chi connectivity index (χ1v) is 14.4. The number of halogens is 3. The number of carbonyl (C=O) groups excluding carboxylic acids is 1. The standard InChI is InChI=1S/C33H36ClF2NO4/c1-20(2)41-29-19-27-22(17-28(29)40-4)18-30(38)37(31(27)21-5-9-25(34)10-6-21)26-11-7-23(8-12-26)32(3,39)24-13-15-33(35,36)16-14-24/h5-12,17,19-20,24,31,39H,13-16,18H2,1-4H3/t31-,32+/m0/s1. The molecule has 3 aromatic rings. The van der Waals surface area contributed by atoms with E-state index >= 15 is 0 Å². The first-order valence-electron chi connectivity index (χ1n) is 14.1. The molecule has 2 atom stereocenters. The first-order chi connectivity index (χ1) is 19.4. The quantitative estimate of drug-likeness (QED) is 0.308. The van der Waals surface area contributed by atoms with Gasteiger partial charge >= 0.3 is 0 Å². The fourth-order valence-corrected chi connectivity index (χ4v) is 6.25. The predicted molar refractivity (Wildman–Crippen MR) is 156 cm³/mol. The molecule has 0 aromatic heterocycles. The van der Waals surface area contributed by atoms with E-state index in [-0.39, 0.29) is 50.0 Å². The number of aliphatic hydroxyl groups is 1. The lowest BCUT2D eigenvalue weighted by Crippen LogP contribution is -2.41. The number of amides is 1. The van der Waals surface area contributed by atoms with Crippen LogP contribution in [0, 0.1) is 5.92 Å². The molecular weight excluding hydrogens is 548 g/mol. The van der Waals surface area contributed by atoms with Crippen molar-refractivity contribution >= 4 is 23.2 Å². The number of hydrogen-bond acceptors (Lipinski definition) is 4. The third-order valence-electron chi connectivity index (χ3n) is 8.38. The fourth-order valence-electron chi connectivity index (χ4n) is 6.13. The van der Waals surface area contributed by atoms with Crippen molar-refractivity contribution in [2.75, 3.05) is 12.0 Å². The SMILES string of the molecule is COc1cc2c(cc1OC(C)C)[C@H](c1ccc(Cl)cc1)N(c1ccc([C@@](C)(O)C3CCC(F)(F)CC3)cc1)C(=O)C2. The van der Waals surface area contributed by atoms with Gasteiger partial charge in [0.05, 0.1) is 31.3 Å². The summed E-state index contributed by atoms with van der Waals surface area (Å²) in [6.07, 6.45) is 0.173. The van der Waals surface area contributed by atoms with Gasteiger partial charge in [-0.2, -0.15) is 0 Å². The lowest BCUT2D eigenvalue weighted by molar-refractivity contribution is -0.118. The normalized spacial score (nSPS) is 20.5. The van der Waals surface area contributed by atoms with Crippen molar-refractivity contribution in [3.05, 3.63) is 87.9 Å². The zero-order valence-corrected chi connectivity index (χ0v) is 24.6. The van der Waals surface area contributed by atoms with Crippen LogP contribution in [-0.2, 0) is 16.8 Å². The summed E-state index contributed by atoms with van der Waals surface area (Å²) in [5.41, 5.74) is 2.70. The van der Waals surface area contributed by atoms with E-state index in [4.69, 9.17) is 21.1 Å². The molecule has 1 saturated carbocycles. The minimum Gasteiger partial charge on any atom is -0.493 e. The minimum absolute atomic E-state index is 0.0759. The van der Waals surface area contributed by atoms with Crippen LogP contribution in [0.1, 0.15) is 74.8 Å². The van der Waals surface area contributed by atoms with Crippen LogP contribution in [0.25, 0.3) is 0 Å². The number of fused-ring (bicyclic) bond motifs is 1. The van der Waals surface area contributed by atoms with Crippen LogP contribution in [0.4, 0.5) is 14.5 Å². The minimum atomic E-state index is -2.66. The number of hydrogen-bond donors (Lipinski definition) is 1. The number of nitrogens with zero attached hydrogens (tertiary/aromatic N) is 1. The van der Waals surface area contributed by atoms with Gasteiger partial charge in [0.25, 0.3) is 0 Å². The van der Waals surface area contributed by atoms with Crippen molar-refractivity contribution in [1.29, 1.82) is 0 Å². The smallest absolute Gasteiger partial charge is 0.248 e. The van der Waals surface area contributed by atoms with Crippen molar-refractivity contribution in [2.24, 2.45) is 5.92 Å². The molecule has 1 fully saturated rings. The van der Waals surface area contributed by atoms with Gasteiger partial charge in [0, 0.05) is 23.6 Å². The molecule has 218 valence electrons. The Bertz CT molecular complexity index is 1400. The van der Waals surface area contributed by atoms with Crippen molar-refractivity contribution in [3.63, 3.8) is 0 Å². The molecular formula is C33H36ClF2NO4. The highest BCUT2D eigenvalue weighted by atomic mass is 35.5. The Hall–Kier alpha value is -3.16. The lowest BCUT2D eigenvalue weighted by Gasteiger charge is -2.40. The van der Waals surface area contributed by atoms with E-state index in [2.05, 4.69) is 0 Å². The van der Waals surface area contributed by atoms with Crippen LogP contribution in [0.5, 0.6) is 11.5 Å². The van der Waals surface area contributed by atoms with Crippen molar-refractivity contribution < 1.29 is 28.2 Å². The molecule has 0 saturated heterocycles. The lowest BCUT2D eigenvalue weighted by atomic mass is 9.73. The number of benzene rings is 3. The van der Waals surface area contributed by atoms with E-state index in [1.54, 1.807) is 43.2 Å². The van der Waals surface area contributed by atoms with Crippen LogP contribution in [-0.4, -0.2) is 30.2 Å². The Morgan fingerprint density at radius 3 is 2.24 bits per heavy atom. The molecule has 1 N–H and O–H groups in total. The number of carbonyl (C=O) groups is 1. The molecule has 1 heterocycles. The average Bonchev–Trinajstić information content (AvgIpc) is 2.92. The first kappa shape index (κ1) is 29.3. The van der Waals surface area contributed by atoms with Gasteiger partial charge in [-0.25, -0.2) is 8.78 Å². The second kappa shape index (κ2) is 11.3. The maximum Gasteiger partial charge on any atom is 0.248 e. The number of anilines is 1. The zero-order valence-electron chi connectivity index (χ0n) is 23.8. The van der Waals surface area contributed by atoms with Crippen LogP contribution in [0.2, 0.25) is 5.02 Å². The van der Waals surface area contributed by atoms with Gasteiger partial charge in [-0.15, -0.1) is 0 Å². The van der Waals surface area contributed by atoms with E-state index < -0.39 is 17.6 Å². The summed E-state index contributed by atoms with van der Waals surface area (Å²) in [6, 6.07) is 18.0.